The van der Waals surface area contributed by atoms with Crippen LogP contribution in [0.1, 0.15) is 34.2 Å². The highest BCUT2D eigenvalue weighted by Gasteiger charge is 2.22. The maximum absolute atomic E-state index is 9.24. The summed E-state index contributed by atoms with van der Waals surface area (Å²) in [4.78, 5) is 14.7. The lowest BCUT2D eigenvalue weighted by atomic mass is 9.98. The lowest BCUT2D eigenvalue weighted by Gasteiger charge is -2.04. The van der Waals surface area contributed by atoms with Crippen molar-refractivity contribution in [3.8, 4) is 11.1 Å². The van der Waals surface area contributed by atoms with Gasteiger partial charge >= 0.3 is 0 Å². The molecular weight excluding hydrogens is 442 g/mol. The Kier molecular flexibility index (Phi) is 5.00. The summed E-state index contributed by atoms with van der Waals surface area (Å²) in [5.41, 5.74) is 14.8. The molecule has 3 heterocycles. The van der Waals surface area contributed by atoms with Crippen LogP contribution in [0.25, 0.3) is 11.1 Å². The topological polar surface area (TPSA) is 57.3 Å². The van der Waals surface area contributed by atoms with E-state index in [4.69, 9.17) is 15.0 Å². The molecule has 0 radical (unpaired) electrons. The van der Waals surface area contributed by atoms with Crippen LogP contribution in [0.5, 0.6) is 0 Å². The lowest BCUT2D eigenvalue weighted by molar-refractivity contribution is 0.307. The number of rotatable bonds is 5. The van der Waals surface area contributed by atoms with E-state index in [1.165, 1.54) is 27.8 Å². The number of nitrogens with zero attached hydrogens (tertiary/aromatic N) is 3. The number of fused-ring (bicyclic) bond motifs is 3. The van der Waals surface area contributed by atoms with Crippen molar-refractivity contribution >= 4 is 34.2 Å². The minimum atomic E-state index is 0.147. The van der Waals surface area contributed by atoms with Crippen LogP contribution < -0.4 is 0 Å². The molecule has 0 unspecified atom stereocenters. The minimum Gasteiger partial charge on any atom is -0.396 e. The van der Waals surface area contributed by atoms with Gasteiger partial charge in [-0.3, -0.25) is 15.0 Å². The Labute approximate surface area is 210 Å². The number of hydrogen-bond acceptors (Lipinski definition) is 4. The third kappa shape index (κ3) is 3.71. The van der Waals surface area contributed by atoms with E-state index in [1.807, 2.05) is 6.07 Å². The Morgan fingerprint density at radius 2 is 1.06 bits per heavy atom. The first-order chi connectivity index (χ1) is 17.7. The summed E-state index contributed by atoms with van der Waals surface area (Å²) in [7, 11) is 0. The summed E-state index contributed by atoms with van der Waals surface area (Å²) in [5, 5.41) is 9.24. The molecule has 0 saturated carbocycles. The normalized spacial score (nSPS) is 15.2. The van der Waals surface area contributed by atoms with Gasteiger partial charge in [0.15, 0.2) is 0 Å². The van der Waals surface area contributed by atoms with Crippen LogP contribution in [0.15, 0.2) is 99.9 Å². The van der Waals surface area contributed by atoms with Crippen molar-refractivity contribution in [2.75, 3.05) is 6.61 Å². The van der Waals surface area contributed by atoms with E-state index >= 15 is 0 Å². The molecule has 4 aromatic carbocycles. The Hall–Kier alpha value is -4.15. The number of aliphatic hydroxyl groups is 1. The van der Waals surface area contributed by atoms with Gasteiger partial charge in [-0.15, -0.1) is 0 Å². The average Bonchev–Trinajstić information content (AvgIpc) is 3.63. The SMILES string of the molecule is OCCC1=Nc2cc(C3=Nc4cc(C5=Nc6cc(-c7ccccc7)ccc6C5)ccc4C3)ccc2C1. The Bertz CT molecular complexity index is 1610. The fraction of sp³-hybridized carbons (Fsp3) is 0.156. The second-order valence-corrected chi connectivity index (χ2v) is 9.70. The summed E-state index contributed by atoms with van der Waals surface area (Å²) in [5.74, 6) is 0. The van der Waals surface area contributed by atoms with E-state index in [-0.39, 0.29) is 6.61 Å². The summed E-state index contributed by atoms with van der Waals surface area (Å²) in [6.07, 6.45) is 3.15. The monoisotopic (exact) mass is 467 g/mol. The maximum atomic E-state index is 9.24. The molecule has 0 spiro atoms. The third-order valence-electron chi connectivity index (χ3n) is 7.33. The second-order valence-electron chi connectivity index (χ2n) is 9.70. The zero-order valence-electron chi connectivity index (χ0n) is 19.9. The van der Waals surface area contributed by atoms with E-state index in [1.54, 1.807) is 0 Å². The van der Waals surface area contributed by atoms with Crippen molar-refractivity contribution in [2.45, 2.75) is 25.7 Å². The minimum absolute atomic E-state index is 0.147. The number of aliphatic imine (C=N–C) groups is 3. The summed E-state index contributed by atoms with van der Waals surface area (Å²) in [6.45, 7) is 0.147. The summed E-state index contributed by atoms with van der Waals surface area (Å²) < 4.78 is 0. The molecule has 0 aliphatic carbocycles. The molecule has 0 atom stereocenters. The van der Waals surface area contributed by atoms with E-state index in [2.05, 4.69) is 78.9 Å². The summed E-state index contributed by atoms with van der Waals surface area (Å²) >= 11 is 0. The van der Waals surface area contributed by atoms with Crippen LogP contribution in [-0.4, -0.2) is 28.8 Å². The molecule has 4 aromatic rings. The number of benzene rings is 4. The zero-order valence-corrected chi connectivity index (χ0v) is 19.9. The van der Waals surface area contributed by atoms with E-state index in [0.29, 0.717) is 6.42 Å². The fourth-order valence-electron chi connectivity index (χ4n) is 5.39. The van der Waals surface area contributed by atoms with Crippen molar-refractivity contribution in [1.29, 1.82) is 0 Å². The molecule has 174 valence electrons. The molecule has 0 fully saturated rings. The molecule has 4 nitrogen and oxygen atoms in total. The smallest absolute Gasteiger partial charge is 0.0675 e. The van der Waals surface area contributed by atoms with Crippen LogP contribution in [0.2, 0.25) is 0 Å². The van der Waals surface area contributed by atoms with Crippen LogP contribution in [0, 0.1) is 0 Å². The molecule has 3 aliphatic heterocycles. The molecule has 0 bridgehead atoms. The van der Waals surface area contributed by atoms with Crippen LogP contribution >= 0.6 is 0 Å². The van der Waals surface area contributed by atoms with Gasteiger partial charge < -0.3 is 5.11 Å². The number of hydrogen-bond donors (Lipinski definition) is 1. The lowest BCUT2D eigenvalue weighted by Crippen LogP contribution is -2.02. The third-order valence-corrected chi connectivity index (χ3v) is 7.33. The molecule has 0 aromatic heterocycles. The average molecular weight is 468 g/mol. The van der Waals surface area contributed by atoms with Crippen LogP contribution in [0.3, 0.4) is 0 Å². The molecular formula is C32H25N3O. The highest BCUT2D eigenvalue weighted by Crippen LogP contribution is 2.37. The van der Waals surface area contributed by atoms with Crippen molar-refractivity contribution in [1.82, 2.24) is 0 Å². The molecule has 36 heavy (non-hydrogen) atoms. The first-order valence-electron chi connectivity index (χ1n) is 12.5. The number of aliphatic hydroxyl groups excluding tert-OH is 1. The van der Waals surface area contributed by atoms with Crippen molar-refractivity contribution in [3.05, 3.63) is 113 Å². The molecule has 0 amide bonds. The first kappa shape index (κ1) is 21.2. The Balaban J connectivity index is 1.16. The van der Waals surface area contributed by atoms with Gasteiger partial charge in [-0.2, -0.15) is 0 Å². The predicted octanol–water partition coefficient (Wildman–Crippen LogP) is 6.72. The van der Waals surface area contributed by atoms with Gasteiger partial charge in [0.25, 0.3) is 0 Å². The van der Waals surface area contributed by atoms with Crippen molar-refractivity contribution in [2.24, 2.45) is 15.0 Å². The van der Waals surface area contributed by atoms with Crippen LogP contribution in [0.4, 0.5) is 17.1 Å². The van der Waals surface area contributed by atoms with Crippen molar-refractivity contribution in [3.63, 3.8) is 0 Å². The van der Waals surface area contributed by atoms with E-state index < -0.39 is 0 Å². The van der Waals surface area contributed by atoms with Gasteiger partial charge in [-0.1, -0.05) is 66.7 Å². The van der Waals surface area contributed by atoms with Gasteiger partial charge in [0, 0.05) is 38.0 Å². The molecule has 3 aliphatic rings. The molecule has 7 rings (SSSR count). The van der Waals surface area contributed by atoms with E-state index in [0.717, 1.165) is 64.6 Å². The first-order valence-corrected chi connectivity index (χ1v) is 12.5. The van der Waals surface area contributed by atoms with Gasteiger partial charge in [0.05, 0.1) is 28.5 Å². The fourth-order valence-corrected chi connectivity index (χ4v) is 5.39. The van der Waals surface area contributed by atoms with Crippen LogP contribution in [-0.2, 0) is 19.3 Å². The van der Waals surface area contributed by atoms with Gasteiger partial charge in [-0.05, 0) is 57.1 Å². The zero-order chi connectivity index (χ0) is 24.1. The standard InChI is InChI=1S/C32H25N3O/c36-13-12-27-14-22-8-9-24(16-28(22)33-27)30-18-26-11-10-25(19-32(26)35-30)31-17-23-7-6-21(15-29(23)34-31)20-4-2-1-3-5-20/h1-11,15-16,19,36H,12-14,17-18H2. The molecule has 0 saturated heterocycles. The van der Waals surface area contributed by atoms with Gasteiger partial charge in [-0.25, -0.2) is 0 Å². The quantitative estimate of drug-likeness (QED) is 0.348. The summed E-state index contributed by atoms with van der Waals surface area (Å²) in [6, 6.07) is 30.1. The van der Waals surface area contributed by atoms with Crippen molar-refractivity contribution < 1.29 is 5.11 Å². The molecule has 1 N–H and O–H groups in total. The highest BCUT2D eigenvalue weighted by atomic mass is 16.3. The largest absolute Gasteiger partial charge is 0.396 e. The highest BCUT2D eigenvalue weighted by molar-refractivity contribution is 6.10. The Morgan fingerprint density at radius 3 is 1.67 bits per heavy atom. The van der Waals surface area contributed by atoms with Gasteiger partial charge in [0.1, 0.15) is 0 Å². The predicted molar refractivity (Wildman–Crippen MR) is 147 cm³/mol. The Morgan fingerprint density at radius 1 is 0.528 bits per heavy atom. The second kappa shape index (κ2) is 8.51. The maximum Gasteiger partial charge on any atom is 0.0675 e. The van der Waals surface area contributed by atoms with E-state index in [9.17, 15) is 5.11 Å². The van der Waals surface area contributed by atoms with Gasteiger partial charge in [0.2, 0.25) is 0 Å². The molecule has 4 heteroatoms.